The monoisotopic (exact) mass is 194 g/mol. The van der Waals surface area contributed by atoms with Crippen LogP contribution >= 0.6 is 11.6 Å². The Balaban J connectivity index is 3.78. The SMILES string of the molecule is CC(C)CC(OCCCl)C(=O)O. The molecule has 0 rings (SSSR count). The summed E-state index contributed by atoms with van der Waals surface area (Å²) in [5.74, 6) is -0.253. The van der Waals surface area contributed by atoms with Crippen LogP contribution in [0.1, 0.15) is 20.3 Å². The van der Waals surface area contributed by atoms with Gasteiger partial charge in [-0.15, -0.1) is 11.6 Å². The minimum atomic E-state index is -0.909. The molecule has 0 aliphatic rings. The highest BCUT2D eigenvalue weighted by Crippen LogP contribution is 2.08. The minimum absolute atomic E-state index is 0.297. The van der Waals surface area contributed by atoms with Crippen LogP contribution in [-0.4, -0.2) is 29.7 Å². The molecule has 12 heavy (non-hydrogen) atoms. The van der Waals surface area contributed by atoms with Crippen molar-refractivity contribution in [1.82, 2.24) is 0 Å². The molecule has 4 heteroatoms. The van der Waals surface area contributed by atoms with Crippen LogP contribution in [0, 0.1) is 5.92 Å². The molecule has 0 radical (unpaired) electrons. The van der Waals surface area contributed by atoms with E-state index in [1.165, 1.54) is 0 Å². The van der Waals surface area contributed by atoms with Crippen molar-refractivity contribution >= 4 is 17.6 Å². The Hall–Kier alpha value is -0.280. The van der Waals surface area contributed by atoms with Crippen molar-refractivity contribution in [3.63, 3.8) is 0 Å². The second-order valence-corrected chi connectivity index (χ2v) is 3.39. The van der Waals surface area contributed by atoms with Crippen LogP contribution in [0.4, 0.5) is 0 Å². The van der Waals surface area contributed by atoms with Crippen molar-refractivity contribution in [2.24, 2.45) is 5.92 Å². The topological polar surface area (TPSA) is 46.5 Å². The van der Waals surface area contributed by atoms with Gasteiger partial charge in [0.2, 0.25) is 0 Å². The van der Waals surface area contributed by atoms with Crippen LogP contribution in [0.25, 0.3) is 0 Å². The van der Waals surface area contributed by atoms with Crippen molar-refractivity contribution < 1.29 is 14.6 Å². The summed E-state index contributed by atoms with van der Waals surface area (Å²) < 4.78 is 5.03. The third-order valence-electron chi connectivity index (χ3n) is 1.36. The number of carbonyl (C=O) groups is 1. The Morgan fingerprint density at radius 3 is 2.50 bits per heavy atom. The molecule has 0 aliphatic heterocycles. The zero-order valence-corrected chi connectivity index (χ0v) is 8.17. The van der Waals surface area contributed by atoms with E-state index in [2.05, 4.69) is 0 Å². The molecule has 0 aromatic heterocycles. The van der Waals surface area contributed by atoms with Gasteiger partial charge in [0.15, 0.2) is 6.10 Å². The predicted octanol–water partition coefficient (Wildman–Crippen LogP) is 1.74. The third-order valence-corrected chi connectivity index (χ3v) is 1.51. The lowest BCUT2D eigenvalue weighted by atomic mass is 10.1. The molecule has 0 bridgehead atoms. The van der Waals surface area contributed by atoms with Crippen LogP contribution < -0.4 is 0 Å². The quantitative estimate of drug-likeness (QED) is 0.656. The lowest BCUT2D eigenvalue weighted by Crippen LogP contribution is -2.26. The number of rotatable bonds is 6. The number of hydrogen-bond donors (Lipinski definition) is 1. The molecule has 1 unspecified atom stereocenters. The van der Waals surface area contributed by atoms with Crippen molar-refractivity contribution in [3.05, 3.63) is 0 Å². The van der Waals surface area contributed by atoms with E-state index >= 15 is 0 Å². The van der Waals surface area contributed by atoms with Crippen LogP contribution in [0.2, 0.25) is 0 Å². The second kappa shape index (κ2) is 6.26. The molecule has 3 nitrogen and oxygen atoms in total. The first-order valence-electron chi connectivity index (χ1n) is 3.98. The van der Waals surface area contributed by atoms with Gasteiger partial charge in [0.1, 0.15) is 0 Å². The zero-order chi connectivity index (χ0) is 9.56. The molecule has 0 aromatic carbocycles. The number of carboxylic acid groups (broad SMARTS) is 1. The third kappa shape index (κ3) is 5.38. The van der Waals surface area contributed by atoms with Gasteiger partial charge < -0.3 is 9.84 Å². The molecular formula is C8H15ClO3. The zero-order valence-electron chi connectivity index (χ0n) is 7.42. The van der Waals surface area contributed by atoms with Crippen LogP contribution in [0.5, 0.6) is 0 Å². The molecule has 0 aromatic rings. The van der Waals surface area contributed by atoms with E-state index in [0.29, 0.717) is 24.8 Å². The summed E-state index contributed by atoms with van der Waals surface area (Å²) in [5.41, 5.74) is 0. The largest absolute Gasteiger partial charge is 0.479 e. The Kier molecular flexibility index (Phi) is 6.11. The summed E-state index contributed by atoms with van der Waals surface area (Å²) >= 11 is 5.37. The molecule has 1 atom stereocenters. The molecule has 72 valence electrons. The standard InChI is InChI=1S/C8H15ClO3/c1-6(2)5-7(8(10)11)12-4-3-9/h6-7H,3-5H2,1-2H3,(H,10,11). The summed E-state index contributed by atoms with van der Waals surface area (Å²) in [5, 5.41) is 8.68. The van der Waals surface area contributed by atoms with Crippen LogP contribution in [0.3, 0.4) is 0 Å². The van der Waals surface area contributed by atoms with Crippen LogP contribution in [0.15, 0.2) is 0 Å². The summed E-state index contributed by atoms with van der Waals surface area (Å²) in [4.78, 5) is 10.6. The van der Waals surface area contributed by atoms with Crippen molar-refractivity contribution in [3.8, 4) is 0 Å². The summed E-state index contributed by atoms with van der Waals surface area (Å²) in [7, 11) is 0. The van der Waals surface area contributed by atoms with E-state index in [9.17, 15) is 4.79 Å². The van der Waals surface area contributed by atoms with E-state index in [1.807, 2.05) is 13.8 Å². The van der Waals surface area contributed by atoms with Crippen molar-refractivity contribution in [2.45, 2.75) is 26.4 Å². The number of carboxylic acids is 1. The van der Waals surface area contributed by atoms with Gasteiger partial charge in [-0.05, 0) is 12.3 Å². The molecular weight excluding hydrogens is 180 g/mol. The number of halogens is 1. The van der Waals surface area contributed by atoms with E-state index in [1.54, 1.807) is 0 Å². The van der Waals surface area contributed by atoms with Crippen LogP contribution in [-0.2, 0) is 9.53 Å². The molecule has 0 saturated heterocycles. The second-order valence-electron chi connectivity index (χ2n) is 3.02. The van der Waals surface area contributed by atoms with E-state index in [4.69, 9.17) is 21.4 Å². The highest BCUT2D eigenvalue weighted by atomic mass is 35.5. The van der Waals surface area contributed by atoms with Gasteiger partial charge in [0, 0.05) is 5.88 Å². The Morgan fingerprint density at radius 1 is 1.58 bits per heavy atom. The summed E-state index contributed by atoms with van der Waals surface area (Å²) in [6.45, 7) is 4.21. The molecule has 1 N–H and O–H groups in total. The first-order valence-corrected chi connectivity index (χ1v) is 4.51. The molecule has 0 amide bonds. The Morgan fingerprint density at radius 2 is 2.17 bits per heavy atom. The van der Waals surface area contributed by atoms with Gasteiger partial charge >= 0.3 is 5.97 Å². The van der Waals surface area contributed by atoms with E-state index in [-0.39, 0.29) is 0 Å². The minimum Gasteiger partial charge on any atom is -0.479 e. The maximum atomic E-state index is 10.6. The van der Waals surface area contributed by atoms with Crippen molar-refractivity contribution in [1.29, 1.82) is 0 Å². The van der Waals surface area contributed by atoms with E-state index in [0.717, 1.165) is 0 Å². The van der Waals surface area contributed by atoms with Gasteiger partial charge in [-0.3, -0.25) is 0 Å². The normalized spacial score (nSPS) is 13.3. The maximum Gasteiger partial charge on any atom is 0.332 e. The first kappa shape index (κ1) is 11.7. The number of aliphatic carboxylic acids is 1. The average Bonchev–Trinajstić information content (AvgIpc) is 1.96. The lowest BCUT2D eigenvalue weighted by Gasteiger charge is -2.14. The Labute approximate surface area is 77.7 Å². The van der Waals surface area contributed by atoms with Gasteiger partial charge in [-0.25, -0.2) is 4.79 Å². The molecule has 0 saturated carbocycles. The molecule has 0 aliphatic carbocycles. The fourth-order valence-corrected chi connectivity index (χ4v) is 0.944. The molecule has 0 fully saturated rings. The number of hydrogen-bond acceptors (Lipinski definition) is 2. The molecule has 0 spiro atoms. The highest BCUT2D eigenvalue weighted by Gasteiger charge is 2.18. The fraction of sp³-hybridized carbons (Fsp3) is 0.875. The lowest BCUT2D eigenvalue weighted by molar-refractivity contribution is -0.151. The van der Waals surface area contributed by atoms with Gasteiger partial charge in [0.25, 0.3) is 0 Å². The van der Waals surface area contributed by atoms with Crippen molar-refractivity contribution in [2.75, 3.05) is 12.5 Å². The van der Waals surface area contributed by atoms with Gasteiger partial charge in [0.05, 0.1) is 6.61 Å². The average molecular weight is 195 g/mol. The summed E-state index contributed by atoms with van der Waals surface area (Å²) in [6.07, 6.45) is -0.171. The van der Waals surface area contributed by atoms with E-state index < -0.39 is 12.1 Å². The fourth-order valence-electron chi connectivity index (χ4n) is 0.855. The smallest absolute Gasteiger partial charge is 0.332 e. The van der Waals surface area contributed by atoms with Gasteiger partial charge in [-0.2, -0.15) is 0 Å². The first-order chi connectivity index (χ1) is 5.57. The molecule has 0 heterocycles. The highest BCUT2D eigenvalue weighted by molar-refractivity contribution is 6.17. The van der Waals surface area contributed by atoms with Gasteiger partial charge in [-0.1, -0.05) is 13.8 Å². The maximum absolute atomic E-state index is 10.6. The Bertz CT molecular complexity index is 136. The summed E-state index contributed by atoms with van der Waals surface area (Å²) in [6, 6.07) is 0. The predicted molar refractivity (Wildman–Crippen MR) is 47.6 cm³/mol. The number of alkyl halides is 1. The number of ether oxygens (including phenoxy) is 1.